The normalized spacial score (nSPS) is 19.9. The van der Waals surface area contributed by atoms with Gasteiger partial charge in [0, 0.05) is 30.7 Å². The molecule has 0 bridgehead atoms. The first-order chi connectivity index (χ1) is 9.77. The maximum atomic E-state index is 11.9. The maximum absolute atomic E-state index is 11.9. The van der Waals surface area contributed by atoms with Crippen molar-refractivity contribution >= 4 is 23.3 Å². The van der Waals surface area contributed by atoms with Gasteiger partial charge in [-0.05, 0) is 26.0 Å². The van der Waals surface area contributed by atoms with E-state index < -0.39 is 16.4 Å². The average molecular weight is 292 g/mol. The van der Waals surface area contributed by atoms with Crippen LogP contribution in [0.1, 0.15) is 26.7 Å². The molecule has 0 saturated carbocycles. The van der Waals surface area contributed by atoms with Gasteiger partial charge in [0.2, 0.25) is 5.91 Å². The lowest BCUT2D eigenvalue weighted by atomic mass is 9.94. The predicted molar refractivity (Wildman–Crippen MR) is 74.6 cm³/mol. The van der Waals surface area contributed by atoms with Gasteiger partial charge in [0.25, 0.3) is 5.69 Å². The van der Waals surface area contributed by atoms with E-state index in [-0.39, 0.29) is 24.0 Å². The van der Waals surface area contributed by atoms with Crippen molar-refractivity contribution in [3.8, 4) is 0 Å². The SMILES string of the molecule is CC1(C)C[C@@H](CC(=O)Nc2ccc([N+](=O)[O-])cc2)C(=O)O1. The second kappa shape index (κ2) is 5.51. The van der Waals surface area contributed by atoms with Gasteiger partial charge in [-0.15, -0.1) is 0 Å². The van der Waals surface area contributed by atoms with Gasteiger partial charge in [0.15, 0.2) is 0 Å². The van der Waals surface area contributed by atoms with Gasteiger partial charge in [-0.25, -0.2) is 0 Å². The molecular formula is C14H16N2O5. The van der Waals surface area contributed by atoms with Crippen molar-refractivity contribution in [2.45, 2.75) is 32.3 Å². The first-order valence-electron chi connectivity index (χ1n) is 6.54. The van der Waals surface area contributed by atoms with E-state index in [4.69, 9.17) is 4.74 Å². The van der Waals surface area contributed by atoms with E-state index in [0.29, 0.717) is 12.1 Å². The van der Waals surface area contributed by atoms with Crippen LogP contribution < -0.4 is 5.32 Å². The number of esters is 1. The van der Waals surface area contributed by atoms with Crippen LogP contribution in [-0.4, -0.2) is 22.4 Å². The fourth-order valence-electron chi connectivity index (χ4n) is 2.33. The van der Waals surface area contributed by atoms with E-state index >= 15 is 0 Å². The molecule has 0 spiro atoms. The zero-order chi connectivity index (χ0) is 15.6. The molecule has 0 unspecified atom stereocenters. The number of hydrogen-bond acceptors (Lipinski definition) is 5. The number of carbonyl (C=O) groups is 2. The summed E-state index contributed by atoms with van der Waals surface area (Å²) >= 11 is 0. The lowest BCUT2D eigenvalue weighted by Gasteiger charge is -2.14. The van der Waals surface area contributed by atoms with Gasteiger partial charge >= 0.3 is 5.97 Å². The van der Waals surface area contributed by atoms with E-state index in [1.54, 1.807) is 13.8 Å². The summed E-state index contributed by atoms with van der Waals surface area (Å²) in [5.41, 5.74) is -0.125. The minimum Gasteiger partial charge on any atom is -0.459 e. The molecule has 1 amide bonds. The third-order valence-corrected chi connectivity index (χ3v) is 3.24. The summed E-state index contributed by atoms with van der Waals surface area (Å²) < 4.78 is 5.16. The van der Waals surface area contributed by atoms with Gasteiger partial charge in [-0.1, -0.05) is 0 Å². The highest BCUT2D eigenvalue weighted by molar-refractivity contribution is 5.93. The Labute approximate surface area is 121 Å². The molecule has 1 N–H and O–H groups in total. The number of benzene rings is 1. The van der Waals surface area contributed by atoms with Gasteiger partial charge in [-0.3, -0.25) is 19.7 Å². The third kappa shape index (κ3) is 3.77. The van der Waals surface area contributed by atoms with E-state index in [2.05, 4.69) is 5.32 Å². The van der Waals surface area contributed by atoms with Crippen LogP contribution in [0.25, 0.3) is 0 Å². The number of nitro benzene ring substituents is 1. The number of nitrogens with one attached hydrogen (secondary N) is 1. The molecule has 0 aromatic heterocycles. The molecular weight excluding hydrogens is 276 g/mol. The second-order valence-electron chi connectivity index (χ2n) is 5.64. The van der Waals surface area contributed by atoms with Crippen LogP contribution in [0.4, 0.5) is 11.4 Å². The molecule has 1 fully saturated rings. The molecule has 1 aromatic carbocycles. The Morgan fingerprint density at radius 3 is 2.52 bits per heavy atom. The van der Waals surface area contributed by atoms with Crippen LogP contribution in [0.5, 0.6) is 0 Å². The summed E-state index contributed by atoms with van der Waals surface area (Å²) in [6.07, 6.45) is 0.540. The van der Waals surface area contributed by atoms with E-state index in [1.807, 2.05) is 0 Å². The molecule has 1 aromatic rings. The van der Waals surface area contributed by atoms with Crippen molar-refractivity contribution in [1.82, 2.24) is 0 Å². The van der Waals surface area contributed by atoms with Crippen LogP contribution >= 0.6 is 0 Å². The Morgan fingerprint density at radius 1 is 1.43 bits per heavy atom. The monoisotopic (exact) mass is 292 g/mol. The highest BCUT2D eigenvalue weighted by Crippen LogP contribution is 2.32. The van der Waals surface area contributed by atoms with Gasteiger partial charge in [0.05, 0.1) is 10.8 Å². The summed E-state index contributed by atoms with van der Waals surface area (Å²) in [7, 11) is 0. The van der Waals surface area contributed by atoms with E-state index in [1.165, 1.54) is 24.3 Å². The summed E-state index contributed by atoms with van der Waals surface area (Å²) in [4.78, 5) is 33.5. The van der Waals surface area contributed by atoms with Gasteiger partial charge < -0.3 is 10.1 Å². The fraction of sp³-hybridized carbons (Fsp3) is 0.429. The van der Waals surface area contributed by atoms with Crippen molar-refractivity contribution in [2.75, 3.05) is 5.32 Å². The summed E-state index contributed by atoms with van der Waals surface area (Å²) in [6.45, 7) is 3.61. The molecule has 0 aliphatic carbocycles. The number of non-ortho nitro benzene ring substituents is 1. The largest absolute Gasteiger partial charge is 0.459 e. The van der Waals surface area contributed by atoms with Gasteiger partial charge in [-0.2, -0.15) is 0 Å². The molecule has 1 atom stereocenters. The minimum absolute atomic E-state index is 0.0409. The molecule has 0 radical (unpaired) electrons. The number of ether oxygens (including phenoxy) is 1. The average Bonchev–Trinajstić information content (AvgIpc) is 2.62. The van der Waals surface area contributed by atoms with Crippen LogP contribution in [0.2, 0.25) is 0 Å². The molecule has 2 rings (SSSR count). The molecule has 1 saturated heterocycles. The number of carbonyl (C=O) groups excluding carboxylic acids is 2. The van der Waals surface area contributed by atoms with Crippen molar-refractivity contribution in [3.63, 3.8) is 0 Å². The number of rotatable bonds is 4. The molecule has 7 heteroatoms. The topological polar surface area (TPSA) is 98.5 Å². The fourth-order valence-corrected chi connectivity index (χ4v) is 2.33. The number of amides is 1. The first kappa shape index (κ1) is 15.0. The Morgan fingerprint density at radius 2 is 2.05 bits per heavy atom. The summed E-state index contributed by atoms with van der Waals surface area (Å²) in [6, 6.07) is 5.52. The molecule has 1 aliphatic heterocycles. The second-order valence-corrected chi connectivity index (χ2v) is 5.64. The number of anilines is 1. The lowest BCUT2D eigenvalue weighted by molar-refractivity contribution is -0.384. The quantitative estimate of drug-likeness (QED) is 0.521. The van der Waals surface area contributed by atoms with Crippen LogP contribution in [0.15, 0.2) is 24.3 Å². The Kier molecular flexibility index (Phi) is 3.93. The zero-order valence-electron chi connectivity index (χ0n) is 11.8. The molecule has 7 nitrogen and oxygen atoms in total. The first-order valence-corrected chi connectivity index (χ1v) is 6.54. The highest BCUT2D eigenvalue weighted by atomic mass is 16.6. The van der Waals surface area contributed by atoms with E-state index in [9.17, 15) is 19.7 Å². The smallest absolute Gasteiger partial charge is 0.310 e. The van der Waals surface area contributed by atoms with Crippen LogP contribution in [0, 0.1) is 16.0 Å². The van der Waals surface area contributed by atoms with Crippen LogP contribution in [0.3, 0.4) is 0 Å². The summed E-state index contributed by atoms with van der Waals surface area (Å²) in [5, 5.41) is 13.1. The molecule has 1 heterocycles. The number of cyclic esters (lactones) is 1. The Hall–Kier alpha value is -2.44. The van der Waals surface area contributed by atoms with Crippen LogP contribution in [-0.2, 0) is 14.3 Å². The number of nitrogens with zero attached hydrogens (tertiary/aromatic N) is 1. The number of hydrogen-bond donors (Lipinski definition) is 1. The zero-order valence-corrected chi connectivity index (χ0v) is 11.8. The van der Waals surface area contributed by atoms with E-state index in [0.717, 1.165) is 0 Å². The minimum atomic E-state index is -0.532. The summed E-state index contributed by atoms with van der Waals surface area (Å²) in [5.74, 6) is -1.12. The molecule has 112 valence electrons. The Bertz CT molecular complexity index is 580. The predicted octanol–water partition coefficient (Wildman–Crippen LogP) is 2.27. The highest BCUT2D eigenvalue weighted by Gasteiger charge is 2.40. The standard InChI is InChI=1S/C14H16N2O5/c1-14(2)8-9(13(18)21-14)7-12(17)15-10-3-5-11(6-4-10)16(19)20/h3-6,9H,7-8H2,1-2H3,(H,15,17)/t9-/m1/s1. The van der Waals surface area contributed by atoms with Crippen molar-refractivity contribution in [1.29, 1.82) is 0 Å². The third-order valence-electron chi connectivity index (χ3n) is 3.24. The lowest BCUT2D eigenvalue weighted by Crippen LogP contribution is -2.19. The molecule has 1 aliphatic rings. The maximum Gasteiger partial charge on any atom is 0.310 e. The molecule has 21 heavy (non-hydrogen) atoms. The van der Waals surface area contributed by atoms with Crippen molar-refractivity contribution in [3.05, 3.63) is 34.4 Å². The van der Waals surface area contributed by atoms with Crippen molar-refractivity contribution < 1.29 is 19.2 Å². The van der Waals surface area contributed by atoms with Crippen molar-refractivity contribution in [2.24, 2.45) is 5.92 Å². The number of nitro groups is 1. The van der Waals surface area contributed by atoms with Gasteiger partial charge in [0.1, 0.15) is 5.60 Å². The Balaban J connectivity index is 1.93.